The Balaban J connectivity index is 2.23. The lowest BCUT2D eigenvalue weighted by Crippen LogP contribution is -2.05. The number of anilines is 1. The highest BCUT2D eigenvalue weighted by Gasteiger charge is 2.11. The fraction of sp³-hybridized carbons (Fsp3) is 0.188. The molecule has 2 N–H and O–H groups in total. The number of para-hydroxylation sites is 1. The van der Waals surface area contributed by atoms with Crippen LogP contribution < -0.4 is 10.5 Å². The second-order valence-corrected chi connectivity index (χ2v) is 4.48. The highest BCUT2D eigenvalue weighted by Crippen LogP contribution is 2.20. The summed E-state index contributed by atoms with van der Waals surface area (Å²) in [6, 6.07) is 12.9. The van der Waals surface area contributed by atoms with Crippen molar-refractivity contribution >= 4 is 11.5 Å². The number of benzene rings is 2. The largest absolute Gasteiger partial charge is 0.496 e. The van der Waals surface area contributed by atoms with E-state index >= 15 is 0 Å². The summed E-state index contributed by atoms with van der Waals surface area (Å²) in [6.45, 7) is 1.90. The van der Waals surface area contributed by atoms with Gasteiger partial charge in [-0.2, -0.15) is 0 Å². The average Bonchev–Trinajstić information content (AvgIpc) is 2.42. The van der Waals surface area contributed by atoms with Gasteiger partial charge in [0.1, 0.15) is 5.75 Å². The smallest absolute Gasteiger partial charge is 0.167 e. The molecule has 3 heteroatoms. The van der Waals surface area contributed by atoms with Gasteiger partial charge in [-0.15, -0.1) is 0 Å². The molecule has 2 aromatic rings. The summed E-state index contributed by atoms with van der Waals surface area (Å²) in [5.41, 5.74) is 8.95. The predicted octanol–water partition coefficient (Wildman–Crippen LogP) is 3.01. The Morgan fingerprint density at radius 2 is 1.95 bits per heavy atom. The molecule has 0 fully saturated rings. The zero-order valence-corrected chi connectivity index (χ0v) is 11.1. The van der Waals surface area contributed by atoms with Gasteiger partial charge in [0, 0.05) is 23.2 Å². The SMILES string of the molecule is COc1ccccc1CC(=O)c1ccc(N)c(C)c1. The van der Waals surface area contributed by atoms with E-state index in [4.69, 9.17) is 10.5 Å². The Kier molecular flexibility index (Phi) is 3.85. The van der Waals surface area contributed by atoms with Gasteiger partial charge in [0.05, 0.1) is 7.11 Å². The quantitative estimate of drug-likeness (QED) is 0.675. The Morgan fingerprint density at radius 3 is 2.63 bits per heavy atom. The molecule has 0 aromatic heterocycles. The molecule has 0 unspecified atom stereocenters. The van der Waals surface area contributed by atoms with E-state index < -0.39 is 0 Å². The molecular formula is C16H17NO2. The van der Waals surface area contributed by atoms with E-state index in [-0.39, 0.29) is 5.78 Å². The standard InChI is InChI=1S/C16H17NO2/c1-11-9-12(7-8-14(11)17)15(18)10-13-5-3-4-6-16(13)19-2/h3-9H,10,17H2,1-2H3. The van der Waals surface area contributed by atoms with Crippen LogP contribution in [0.15, 0.2) is 42.5 Å². The second kappa shape index (κ2) is 5.57. The fourth-order valence-electron chi connectivity index (χ4n) is 1.97. The molecule has 2 aromatic carbocycles. The normalized spacial score (nSPS) is 10.2. The van der Waals surface area contributed by atoms with Gasteiger partial charge in [0.15, 0.2) is 5.78 Å². The first-order valence-corrected chi connectivity index (χ1v) is 6.13. The van der Waals surface area contributed by atoms with Gasteiger partial charge in [-0.3, -0.25) is 4.79 Å². The van der Waals surface area contributed by atoms with Crippen molar-refractivity contribution in [1.29, 1.82) is 0 Å². The minimum atomic E-state index is 0.0626. The number of nitrogen functional groups attached to an aromatic ring is 1. The number of methoxy groups -OCH3 is 1. The van der Waals surface area contributed by atoms with Crippen LogP contribution in [-0.2, 0) is 6.42 Å². The van der Waals surface area contributed by atoms with Crippen LogP contribution in [0.1, 0.15) is 21.5 Å². The minimum absolute atomic E-state index is 0.0626. The lowest BCUT2D eigenvalue weighted by molar-refractivity contribution is 0.0992. The van der Waals surface area contributed by atoms with Crippen molar-refractivity contribution < 1.29 is 9.53 Å². The molecule has 0 spiro atoms. The van der Waals surface area contributed by atoms with E-state index in [2.05, 4.69) is 0 Å². The zero-order valence-electron chi connectivity index (χ0n) is 11.1. The first-order valence-electron chi connectivity index (χ1n) is 6.13. The number of ether oxygens (including phenoxy) is 1. The minimum Gasteiger partial charge on any atom is -0.496 e. The summed E-state index contributed by atoms with van der Waals surface area (Å²) in [7, 11) is 1.61. The van der Waals surface area contributed by atoms with Crippen LogP contribution in [0.4, 0.5) is 5.69 Å². The molecule has 0 bridgehead atoms. The molecule has 0 heterocycles. The first-order chi connectivity index (χ1) is 9.11. The molecule has 0 radical (unpaired) electrons. The van der Waals surface area contributed by atoms with Gasteiger partial charge in [-0.25, -0.2) is 0 Å². The third-order valence-corrected chi connectivity index (χ3v) is 3.14. The topological polar surface area (TPSA) is 52.3 Å². The maximum absolute atomic E-state index is 12.2. The van der Waals surface area contributed by atoms with Crippen molar-refractivity contribution in [3.8, 4) is 5.75 Å². The molecule has 98 valence electrons. The molecule has 0 aliphatic carbocycles. The second-order valence-electron chi connectivity index (χ2n) is 4.48. The van der Waals surface area contributed by atoms with E-state index in [0.717, 1.165) is 16.9 Å². The van der Waals surface area contributed by atoms with Gasteiger partial charge in [0.2, 0.25) is 0 Å². The Morgan fingerprint density at radius 1 is 1.21 bits per heavy atom. The Labute approximate surface area is 113 Å². The van der Waals surface area contributed by atoms with Crippen molar-refractivity contribution in [3.63, 3.8) is 0 Å². The highest BCUT2D eigenvalue weighted by molar-refractivity contribution is 5.98. The third kappa shape index (κ3) is 2.94. The molecule has 0 atom stereocenters. The van der Waals surface area contributed by atoms with E-state index in [0.29, 0.717) is 17.7 Å². The van der Waals surface area contributed by atoms with Crippen molar-refractivity contribution in [2.75, 3.05) is 12.8 Å². The molecule has 3 nitrogen and oxygen atoms in total. The number of ketones is 1. The number of hydrogen-bond acceptors (Lipinski definition) is 3. The monoisotopic (exact) mass is 255 g/mol. The van der Waals surface area contributed by atoms with Crippen LogP contribution in [0.25, 0.3) is 0 Å². The van der Waals surface area contributed by atoms with Crippen molar-refractivity contribution in [3.05, 3.63) is 59.2 Å². The fourth-order valence-corrected chi connectivity index (χ4v) is 1.97. The summed E-state index contributed by atoms with van der Waals surface area (Å²) in [4.78, 5) is 12.2. The van der Waals surface area contributed by atoms with Gasteiger partial charge in [-0.1, -0.05) is 18.2 Å². The van der Waals surface area contributed by atoms with Crippen molar-refractivity contribution in [2.45, 2.75) is 13.3 Å². The maximum atomic E-state index is 12.2. The maximum Gasteiger partial charge on any atom is 0.167 e. The number of carbonyl (C=O) groups excluding carboxylic acids is 1. The predicted molar refractivity (Wildman–Crippen MR) is 76.6 cm³/mol. The van der Waals surface area contributed by atoms with E-state index in [1.165, 1.54) is 0 Å². The Bertz CT molecular complexity index is 605. The van der Waals surface area contributed by atoms with Crippen molar-refractivity contribution in [1.82, 2.24) is 0 Å². The summed E-state index contributed by atoms with van der Waals surface area (Å²) in [5.74, 6) is 0.801. The highest BCUT2D eigenvalue weighted by atomic mass is 16.5. The van der Waals surface area contributed by atoms with Crippen LogP contribution in [0.5, 0.6) is 5.75 Å². The molecule has 0 aliphatic rings. The summed E-state index contributed by atoms with van der Waals surface area (Å²) in [5, 5.41) is 0. The van der Waals surface area contributed by atoms with Crippen LogP contribution in [-0.4, -0.2) is 12.9 Å². The lowest BCUT2D eigenvalue weighted by Gasteiger charge is -2.08. The van der Waals surface area contributed by atoms with Gasteiger partial charge in [-0.05, 0) is 36.8 Å². The average molecular weight is 255 g/mol. The molecule has 0 aliphatic heterocycles. The number of rotatable bonds is 4. The van der Waals surface area contributed by atoms with Crippen LogP contribution in [0.3, 0.4) is 0 Å². The van der Waals surface area contributed by atoms with E-state index in [1.807, 2.05) is 37.3 Å². The number of carbonyl (C=O) groups is 1. The summed E-state index contributed by atoms with van der Waals surface area (Å²) in [6.07, 6.45) is 0.327. The van der Waals surface area contributed by atoms with Crippen LogP contribution in [0.2, 0.25) is 0 Å². The Hall–Kier alpha value is -2.29. The molecule has 2 rings (SSSR count). The zero-order chi connectivity index (χ0) is 13.8. The van der Waals surface area contributed by atoms with Gasteiger partial charge in [0.25, 0.3) is 0 Å². The third-order valence-electron chi connectivity index (χ3n) is 3.14. The molecular weight excluding hydrogens is 238 g/mol. The molecule has 19 heavy (non-hydrogen) atoms. The number of hydrogen-bond donors (Lipinski definition) is 1. The molecule has 0 saturated heterocycles. The lowest BCUT2D eigenvalue weighted by atomic mass is 10.0. The summed E-state index contributed by atoms with van der Waals surface area (Å²) >= 11 is 0. The number of aryl methyl sites for hydroxylation is 1. The van der Waals surface area contributed by atoms with Gasteiger partial charge >= 0.3 is 0 Å². The van der Waals surface area contributed by atoms with E-state index in [9.17, 15) is 4.79 Å². The first kappa shape index (κ1) is 13.1. The molecule has 0 amide bonds. The van der Waals surface area contributed by atoms with E-state index in [1.54, 1.807) is 19.2 Å². The van der Waals surface area contributed by atoms with Crippen LogP contribution >= 0.6 is 0 Å². The van der Waals surface area contributed by atoms with Gasteiger partial charge < -0.3 is 10.5 Å². The summed E-state index contributed by atoms with van der Waals surface area (Å²) < 4.78 is 5.25. The van der Waals surface area contributed by atoms with Crippen molar-refractivity contribution in [2.24, 2.45) is 0 Å². The number of nitrogens with two attached hydrogens (primary N) is 1. The number of Topliss-reactive ketones (excluding diaryl/α,β-unsaturated/α-hetero) is 1. The molecule has 0 saturated carbocycles. The van der Waals surface area contributed by atoms with Crippen LogP contribution in [0, 0.1) is 6.92 Å².